The molecule has 144 valence electrons. The zero-order valence-corrected chi connectivity index (χ0v) is 14.8. The van der Waals surface area contributed by atoms with E-state index in [0.717, 1.165) is 18.4 Å². The standard InChI is InChI=1S/C18H24F3N3O2/c1-2-22-17(26)24-10-9-23(13-16(24)7-3-4-11-25)15-8-5-6-14(12-15)18(19,20)21/h5-6,8,11-12,16H,2-4,7,9-10,13H2,1H3,(H,22,26). The molecular weight excluding hydrogens is 347 g/mol. The van der Waals surface area contributed by atoms with Crippen molar-refractivity contribution in [3.8, 4) is 0 Å². The van der Waals surface area contributed by atoms with Gasteiger partial charge in [0.2, 0.25) is 0 Å². The van der Waals surface area contributed by atoms with E-state index in [1.165, 1.54) is 6.07 Å². The van der Waals surface area contributed by atoms with Gasteiger partial charge in [-0.05, 0) is 38.0 Å². The largest absolute Gasteiger partial charge is 0.416 e. The first-order valence-corrected chi connectivity index (χ1v) is 8.77. The number of carbonyl (C=O) groups is 2. The van der Waals surface area contributed by atoms with Crippen LogP contribution in [0, 0.1) is 0 Å². The monoisotopic (exact) mass is 371 g/mol. The molecule has 0 aliphatic carbocycles. The summed E-state index contributed by atoms with van der Waals surface area (Å²) in [6, 6.07) is 4.92. The Hall–Kier alpha value is -2.25. The molecule has 0 radical (unpaired) electrons. The molecule has 5 nitrogen and oxygen atoms in total. The molecular formula is C18H24F3N3O2. The normalized spacial score (nSPS) is 17.9. The van der Waals surface area contributed by atoms with Gasteiger partial charge in [0.05, 0.1) is 11.6 Å². The number of hydrogen-bond acceptors (Lipinski definition) is 3. The zero-order valence-electron chi connectivity index (χ0n) is 14.8. The molecule has 8 heteroatoms. The Morgan fingerprint density at radius 1 is 1.35 bits per heavy atom. The van der Waals surface area contributed by atoms with E-state index in [4.69, 9.17) is 0 Å². The van der Waals surface area contributed by atoms with E-state index in [0.29, 0.717) is 51.1 Å². The zero-order chi connectivity index (χ0) is 19.2. The molecule has 0 spiro atoms. The number of aldehydes is 1. The summed E-state index contributed by atoms with van der Waals surface area (Å²) in [6.07, 6.45) is -1.87. The highest BCUT2D eigenvalue weighted by Crippen LogP contribution is 2.32. The number of piperazine rings is 1. The van der Waals surface area contributed by atoms with Crippen molar-refractivity contribution in [2.24, 2.45) is 0 Å². The molecule has 1 unspecified atom stereocenters. The number of rotatable bonds is 6. The van der Waals surface area contributed by atoms with Crippen LogP contribution >= 0.6 is 0 Å². The molecule has 2 amide bonds. The third-order valence-corrected chi connectivity index (χ3v) is 4.47. The fraction of sp³-hybridized carbons (Fsp3) is 0.556. The van der Waals surface area contributed by atoms with Gasteiger partial charge in [-0.1, -0.05) is 6.07 Å². The summed E-state index contributed by atoms with van der Waals surface area (Å²) in [5, 5.41) is 2.77. The number of benzene rings is 1. The number of nitrogens with one attached hydrogen (secondary N) is 1. The van der Waals surface area contributed by atoms with Crippen molar-refractivity contribution < 1.29 is 22.8 Å². The van der Waals surface area contributed by atoms with E-state index in [9.17, 15) is 22.8 Å². The van der Waals surface area contributed by atoms with Crippen LogP contribution < -0.4 is 10.2 Å². The summed E-state index contributed by atoms with van der Waals surface area (Å²) in [4.78, 5) is 26.4. The van der Waals surface area contributed by atoms with Crippen LogP contribution in [0.25, 0.3) is 0 Å². The Bertz CT molecular complexity index is 622. The van der Waals surface area contributed by atoms with E-state index >= 15 is 0 Å². The fourth-order valence-electron chi connectivity index (χ4n) is 3.17. The Kier molecular flexibility index (Phi) is 6.88. The third-order valence-electron chi connectivity index (χ3n) is 4.47. The molecule has 0 bridgehead atoms. The summed E-state index contributed by atoms with van der Waals surface area (Å²) in [6.45, 7) is 3.67. The highest BCUT2D eigenvalue weighted by atomic mass is 19.4. The van der Waals surface area contributed by atoms with Gasteiger partial charge in [-0.15, -0.1) is 0 Å². The van der Waals surface area contributed by atoms with Crippen LogP contribution in [0.4, 0.5) is 23.7 Å². The average molecular weight is 371 g/mol. The van der Waals surface area contributed by atoms with E-state index in [-0.39, 0.29) is 12.1 Å². The van der Waals surface area contributed by atoms with Gasteiger partial charge in [0.25, 0.3) is 0 Å². The molecule has 1 aliphatic rings. The van der Waals surface area contributed by atoms with Gasteiger partial charge in [-0.2, -0.15) is 13.2 Å². The first kappa shape index (κ1) is 20.1. The summed E-state index contributed by atoms with van der Waals surface area (Å²) in [5.41, 5.74) is -0.186. The van der Waals surface area contributed by atoms with Crippen molar-refractivity contribution in [3.63, 3.8) is 0 Å². The number of halogens is 3. The molecule has 1 fully saturated rings. The lowest BCUT2D eigenvalue weighted by Gasteiger charge is -2.42. The van der Waals surface area contributed by atoms with Gasteiger partial charge in [0.1, 0.15) is 6.29 Å². The Morgan fingerprint density at radius 3 is 2.77 bits per heavy atom. The minimum atomic E-state index is -4.39. The Balaban J connectivity index is 2.15. The molecule has 0 aromatic heterocycles. The fourth-order valence-corrected chi connectivity index (χ4v) is 3.17. The van der Waals surface area contributed by atoms with Crippen LogP contribution in [0.1, 0.15) is 31.7 Å². The Labute approximate surface area is 151 Å². The van der Waals surface area contributed by atoms with Gasteiger partial charge in [-0.3, -0.25) is 0 Å². The molecule has 1 N–H and O–H groups in total. The second kappa shape index (κ2) is 8.91. The van der Waals surface area contributed by atoms with Gasteiger partial charge < -0.3 is 19.9 Å². The molecule has 0 saturated carbocycles. The molecule has 1 heterocycles. The highest BCUT2D eigenvalue weighted by Gasteiger charge is 2.33. The number of alkyl halides is 3. The summed E-state index contributed by atoms with van der Waals surface area (Å²) in [5.74, 6) is 0. The van der Waals surface area contributed by atoms with Gasteiger partial charge >= 0.3 is 12.2 Å². The topological polar surface area (TPSA) is 52.7 Å². The maximum Gasteiger partial charge on any atom is 0.416 e. The number of anilines is 1. The predicted molar refractivity (Wildman–Crippen MR) is 93.1 cm³/mol. The number of urea groups is 1. The van der Waals surface area contributed by atoms with Crippen LogP contribution in [0.2, 0.25) is 0 Å². The van der Waals surface area contributed by atoms with Gasteiger partial charge in [0.15, 0.2) is 0 Å². The quantitative estimate of drug-likeness (QED) is 0.617. The van der Waals surface area contributed by atoms with Crippen molar-refractivity contribution in [1.82, 2.24) is 10.2 Å². The minimum Gasteiger partial charge on any atom is -0.368 e. The Morgan fingerprint density at radius 2 is 2.12 bits per heavy atom. The number of amides is 2. The average Bonchev–Trinajstić information content (AvgIpc) is 2.61. The van der Waals surface area contributed by atoms with Crippen molar-refractivity contribution in [3.05, 3.63) is 29.8 Å². The van der Waals surface area contributed by atoms with Crippen molar-refractivity contribution in [2.75, 3.05) is 31.1 Å². The maximum absolute atomic E-state index is 13.0. The summed E-state index contributed by atoms with van der Waals surface area (Å²) in [7, 11) is 0. The molecule has 2 rings (SSSR count). The van der Waals surface area contributed by atoms with Crippen molar-refractivity contribution in [1.29, 1.82) is 0 Å². The van der Waals surface area contributed by atoms with E-state index in [2.05, 4.69) is 5.32 Å². The molecule has 1 saturated heterocycles. The van der Waals surface area contributed by atoms with E-state index < -0.39 is 11.7 Å². The number of carbonyl (C=O) groups excluding carboxylic acids is 2. The molecule has 1 aliphatic heterocycles. The molecule has 1 atom stereocenters. The van der Waals surface area contributed by atoms with Crippen molar-refractivity contribution in [2.45, 2.75) is 38.4 Å². The van der Waals surface area contributed by atoms with Crippen LogP contribution in [0.3, 0.4) is 0 Å². The minimum absolute atomic E-state index is 0.148. The second-order valence-electron chi connectivity index (χ2n) is 6.27. The molecule has 1 aromatic carbocycles. The lowest BCUT2D eigenvalue weighted by molar-refractivity contribution is -0.137. The number of unbranched alkanes of at least 4 members (excludes halogenated alkanes) is 1. The lowest BCUT2D eigenvalue weighted by atomic mass is 10.0. The summed E-state index contributed by atoms with van der Waals surface area (Å²) >= 11 is 0. The predicted octanol–water partition coefficient (Wildman–Crippen LogP) is 3.29. The highest BCUT2D eigenvalue weighted by molar-refractivity contribution is 5.75. The number of nitrogens with zero attached hydrogens (tertiary/aromatic N) is 2. The smallest absolute Gasteiger partial charge is 0.368 e. The van der Waals surface area contributed by atoms with Crippen LogP contribution in [0.15, 0.2) is 24.3 Å². The second-order valence-corrected chi connectivity index (χ2v) is 6.27. The van der Waals surface area contributed by atoms with Gasteiger partial charge in [0, 0.05) is 38.3 Å². The van der Waals surface area contributed by atoms with E-state index in [1.54, 1.807) is 11.0 Å². The number of hydrogen-bond donors (Lipinski definition) is 1. The van der Waals surface area contributed by atoms with E-state index in [1.807, 2.05) is 11.8 Å². The molecule has 26 heavy (non-hydrogen) atoms. The lowest BCUT2D eigenvalue weighted by Crippen LogP contribution is -2.57. The first-order valence-electron chi connectivity index (χ1n) is 8.77. The van der Waals surface area contributed by atoms with Crippen LogP contribution in [0.5, 0.6) is 0 Å². The SMILES string of the molecule is CCNC(=O)N1CCN(c2cccc(C(F)(F)F)c2)CC1CCCC=O. The van der Waals surface area contributed by atoms with Crippen LogP contribution in [-0.2, 0) is 11.0 Å². The first-order chi connectivity index (χ1) is 12.4. The third kappa shape index (κ3) is 5.12. The molecule has 1 aromatic rings. The van der Waals surface area contributed by atoms with Crippen molar-refractivity contribution >= 4 is 18.0 Å². The van der Waals surface area contributed by atoms with Crippen LogP contribution in [-0.4, -0.2) is 49.4 Å². The maximum atomic E-state index is 13.0. The summed E-state index contributed by atoms with van der Waals surface area (Å²) < 4.78 is 38.9. The van der Waals surface area contributed by atoms with Gasteiger partial charge in [-0.25, -0.2) is 4.79 Å².